The van der Waals surface area contributed by atoms with Gasteiger partial charge < -0.3 is 0 Å². The summed E-state index contributed by atoms with van der Waals surface area (Å²) < 4.78 is 0. The Balaban J connectivity index is 2.21. The van der Waals surface area contributed by atoms with E-state index >= 15 is 0 Å². The van der Waals surface area contributed by atoms with E-state index in [-0.39, 0.29) is 21.6 Å². The van der Waals surface area contributed by atoms with Crippen LogP contribution in [0.4, 0.5) is 0 Å². The Kier molecular flexibility index (Phi) is 5.72. The standard InChI is InChI=1S/C22H28Cl2/c1-21(2,3)19(23)17-11-7-15(8-12-17)16-9-13-18(14-10-16)20(24)22(4,5)6/h7-14,19-20H,1-6H3. The highest BCUT2D eigenvalue weighted by atomic mass is 35.5. The fourth-order valence-corrected chi connectivity index (χ4v) is 2.98. The van der Waals surface area contributed by atoms with Gasteiger partial charge >= 0.3 is 0 Å². The molecule has 2 unspecified atom stereocenters. The van der Waals surface area contributed by atoms with Crippen molar-refractivity contribution in [2.24, 2.45) is 10.8 Å². The van der Waals surface area contributed by atoms with Gasteiger partial charge in [-0.15, -0.1) is 23.2 Å². The van der Waals surface area contributed by atoms with Gasteiger partial charge in [0.2, 0.25) is 0 Å². The second kappa shape index (κ2) is 7.10. The number of hydrogen-bond donors (Lipinski definition) is 0. The van der Waals surface area contributed by atoms with Gasteiger partial charge in [-0.3, -0.25) is 0 Å². The van der Waals surface area contributed by atoms with Gasteiger partial charge in [0, 0.05) is 0 Å². The zero-order valence-electron chi connectivity index (χ0n) is 15.5. The van der Waals surface area contributed by atoms with Crippen molar-refractivity contribution in [1.82, 2.24) is 0 Å². The summed E-state index contributed by atoms with van der Waals surface area (Å²) in [5.74, 6) is 0. The van der Waals surface area contributed by atoms with E-state index in [1.165, 1.54) is 11.1 Å². The Morgan fingerprint density at radius 3 is 1.00 bits per heavy atom. The third-order valence-electron chi connectivity index (χ3n) is 4.26. The summed E-state index contributed by atoms with van der Waals surface area (Å²) >= 11 is 13.1. The number of rotatable bonds is 3. The molecular formula is C22H28Cl2. The van der Waals surface area contributed by atoms with Gasteiger partial charge in [0.25, 0.3) is 0 Å². The number of hydrogen-bond acceptors (Lipinski definition) is 0. The molecule has 0 aliphatic heterocycles. The molecule has 0 aliphatic rings. The highest BCUT2D eigenvalue weighted by Crippen LogP contribution is 2.40. The Bertz CT molecular complexity index is 594. The van der Waals surface area contributed by atoms with Gasteiger partial charge in [-0.05, 0) is 33.1 Å². The number of alkyl halides is 2. The lowest BCUT2D eigenvalue weighted by atomic mass is 9.86. The maximum Gasteiger partial charge on any atom is 0.0633 e. The summed E-state index contributed by atoms with van der Waals surface area (Å²) in [6.07, 6.45) is 0. The predicted molar refractivity (Wildman–Crippen MR) is 108 cm³/mol. The third-order valence-corrected chi connectivity index (χ3v) is 6.07. The minimum atomic E-state index is 0.0118. The summed E-state index contributed by atoms with van der Waals surface area (Å²) in [6.45, 7) is 13.0. The Morgan fingerprint density at radius 1 is 0.542 bits per heavy atom. The summed E-state index contributed by atoms with van der Waals surface area (Å²) in [6, 6.07) is 17.1. The van der Waals surface area contributed by atoms with Crippen molar-refractivity contribution in [3.05, 3.63) is 59.7 Å². The van der Waals surface area contributed by atoms with Crippen LogP contribution in [-0.4, -0.2) is 0 Å². The maximum absolute atomic E-state index is 6.56. The molecule has 2 heteroatoms. The molecule has 0 N–H and O–H groups in total. The van der Waals surface area contributed by atoms with Crippen LogP contribution in [0.1, 0.15) is 63.4 Å². The van der Waals surface area contributed by atoms with Gasteiger partial charge in [-0.25, -0.2) is 0 Å². The van der Waals surface area contributed by atoms with E-state index in [1.807, 2.05) is 0 Å². The smallest absolute Gasteiger partial charge is 0.0633 e. The predicted octanol–water partition coefficient (Wildman–Crippen LogP) is 8.01. The first-order valence-electron chi connectivity index (χ1n) is 8.48. The van der Waals surface area contributed by atoms with E-state index < -0.39 is 0 Å². The monoisotopic (exact) mass is 362 g/mol. The van der Waals surface area contributed by atoms with Crippen molar-refractivity contribution < 1.29 is 0 Å². The molecule has 0 radical (unpaired) electrons. The van der Waals surface area contributed by atoms with Crippen molar-refractivity contribution in [1.29, 1.82) is 0 Å². The van der Waals surface area contributed by atoms with E-state index in [0.717, 1.165) is 11.1 Å². The van der Waals surface area contributed by atoms with E-state index in [2.05, 4.69) is 90.1 Å². The van der Waals surface area contributed by atoms with Crippen LogP contribution in [0.15, 0.2) is 48.5 Å². The molecule has 130 valence electrons. The van der Waals surface area contributed by atoms with Gasteiger partial charge in [0.1, 0.15) is 0 Å². The van der Waals surface area contributed by atoms with Crippen LogP contribution in [0.2, 0.25) is 0 Å². The van der Waals surface area contributed by atoms with Crippen molar-refractivity contribution in [3.8, 4) is 11.1 Å². The zero-order valence-corrected chi connectivity index (χ0v) is 17.0. The van der Waals surface area contributed by atoms with E-state index in [9.17, 15) is 0 Å². The van der Waals surface area contributed by atoms with Crippen LogP contribution < -0.4 is 0 Å². The Hall–Kier alpha value is -0.980. The van der Waals surface area contributed by atoms with Gasteiger partial charge in [-0.2, -0.15) is 0 Å². The van der Waals surface area contributed by atoms with Crippen LogP contribution in [0.3, 0.4) is 0 Å². The first-order chi connectivity index (χ1) is 11.0. The normalized spacial score (nSPS) is 15.2. The lowest BCUT2D eigenvalue weighted by Crippen LogP contribution is -2.13. The van der Waals surface area contributed by atoms with Crippen LogP contribution >= 0.6 is 23.2 Å². The summed E-state index contributed by atoms with van der Waals surface area (Å²) in [5.41, 5.74) is 4.83. The molecule has 0 saturated heterocycles. The topological polar surface area (TPSA) is 0 Å². The quantitative estimate of drug-likeness (QED) is 0.485. The molecule has 0 aromatic heterocycles. The minimum absolute atomic E-state index is 0.0118. The van der Waals surface area contributed by atoms with Gasteiger partial charge in [0.05, 0.1) is 10.8 Å². The first-order valence-corrected chi connectivity index (χ1v) is 9.36. The first kappa shape index (κ1) is 19.3. The number of halogens is 2. The molecule has 2 aromatic rings. The van der Waals surface area contributed by atoms with Crippen molar-refractivity contribution >= 4 is 23.2 Å². The zero-order chi connectivity index (χ0) is 18.1. The largest absolute Gasteiger partial charge is 0.117 e. The van der Waals surface area contributed by atoms with E-state index in [1.54, 1.807) is 0 Å². The van der Waals surface area contributed by atoms with Crippen molar-refractivity contribution in [2.45, 2.75) is 52.3 Å². The average molecular weight is 363 g/mol. The molecule has 0 nitrogen and oxygen atoms in total. The second-order valence-corrected chi connectivity index (χ2v) is 9.57. The molecule has 24 heavy (non-hydrogen) atoms. The van der Waals surface area contributed by atoms with Crippen molar-refractivity contribution in [3.63, 3.8) is 0 Å². The molecule has 2 atom stereocenters. The Labute approximate surface area is 157 Å². The van der Waals surface area contributed by atoms with Gasteiger partial charge in [-0.1, -0.05) is 90.1 Å². The molecule has 2 rings (SSSR count). The van der Waals surface area contributed by atoms with Crippen LogP contribution in [0, 0.1) is 10.8 Å². The molecule has 2 aromatic carbocycles. The van der Waals surface area contributed by atoms with Crippen molar-refractivity contribution in [2.75, 3.05) is 0 Å². The molecular weight excluding hydrogens is 335 g/mol. The fraction of sp³-hybridized carbons (Fsp3) is 0.455. The van der Waals surface area contributed by atoms with Crippen LogP contribution in [-0.2, 0) is 0 Å². The summed E-state index contributed by atoms with van der Waals surface area (Å²) in [7, 11) is 0. The lowest BCUT2D eigenvalue weighted by Gasteiger charge is -2.26. The second-order valence-electron chi connectivity index (χ2n) is 8.70. The average Bonchev–Trinajstić information content (AvgIpc) is 2.52. The molecule has 0 aliphatic carbocycles. The highest BCUT2D eigenvalue weighted by Gasteiger charge is 2.24. The van der Waals surface area contributed by atoms with Crippen LogP contribution in [0.25, 0.3) is 11.1 Å². The molecule has 0 fully saturated rings. The van der Waals surface area contributed by atoms with Crippen LogP contribution in [0.5, 0.6) is 0 Å². The molecule has 0 bridgehead atoms. The molecule has 0 spiro atoms. The Morgan fingerprint density at radius 2 is 0.792 bits per heavy atom. The fourth-order valence-electron chi connectivity index (χ4n) is 2.69. The molecule has 0 amide bonds. The summed E-state index contributed by atoms with van der Waals surface area (Å²) in [4.78, 5) is 0. The molecule has 0 saturated carbocycles. The lowest BCUT2D eigenvalue weighted by molar-refractivity contribution is 0.395. The highest BCUT2D eigenvalue weighted by molar-refractivity contribution is 6.21. The molecule has 0 heterocycles. The maximum atomic E-state index is 6.56. The van der Waals surface area contributed by atoms with E-state index in [0.29, 0.717) is 0 Å². The van der Waals surface area contributed by atoms with E-state index in [4.69, 9.17) is 23.2 Å². The SMILES string of the molecule is CC(C)(C)C(Cl)c1ccc(-c2ccc(C(Cl)C(C)(C)C)cc2)cc1. The minimum Gasteiger partial charge on any atom is -0.117 e. The summed E-state index contributed by atoms with van der Waals surface area (Å²) in [5, 5.41) is 0.0236. The van der Waals surface area contributed by atoms with Gasteiger partial charge in [0.15, 0.2) is 0 Å². The number of benzene rings is 2. The third kappa shape index (κ3) is 4.55.